The first-order valence-corrected chi connectivity index (χ1v) is 11.6. The largest absolute Gasteiger partial charge is 0.344 e. The van der Waals surface area contributed by atoms with Gasteiger partial charge in [-0.2, -0.15) is 5.10 Å². The summed E-state index contributed by atoms with van der Waals surface area (Å²) < 4.78 is 22.1. The van der Waals surface area contributed by atoms with Crippen molar-refractivity contribution in [3.63, 3.8) is 0 Å². The number of amides is 3. The van der Waals surface area contributed by atoms with Crippen molar-refractivity contribution in [1.29, 1.82) is 0 Å². The molecule has 1 aliphatic heterocycles. The van der Waals surface area contributed by atoms with Crippen molar-refractivity contribution in [1.82, 2.24) is 25.3 Å². The van der Waals surface area contributed by atoms with Crippen LogP contribution in [0.5, 0.6) is 0 Å². The molecule has 1 unspecified atom stereocenters. The van der Waals surface area contributed by atoms with E-state index in [-0.39, 0.29) is 18.3 Å². The Morgan fingerprint density at radius 1 is 1.26 bits per heavy atom. The number of urea groups is 1. The van der Waals surface area contributed by atoms with E-state index in [4.69, 9.17) is 9.84 Å². The van der Waals surface area contributed by atoms with Gasteiger partial charge in [-0.1, -0.05) is 28.6 Å². The molecule has 35 heavy (non-hydrogen) atoms. The molecule has 2 aromatic carbocycles. The van der Waals surface area contributed by atoms with Crippen LogP contribution in [0, 0.1) is 5.82 Å². The molecule has 1 aliphatic rings. The average molecular weight is 540 g/mol. The second kappa shape index (κ2) is 10.7. The number of benzene rings is 2. The second-order valence-corrected chi connectivity index (χ2v) is 8.63. The van der Waals surface area contributed by atoms with Gasteiger partial charge in [0.2, 0.25) is 0 Å². The summed E-state index contributed by atoms with van der Waals surface area (Å²) in [5, 5.41) is 10.0. The zero-order valence-corrected chi connectivity index (χ0v) is 20.4. The molecule has 0 spiro atoms. The number of halogens is 2. The molecule has 8 nitrogen and oxygen atoms in total. The number of ether oxygens (including phenoxy) is 1. The van der Waals surface area contributed by atoms with Crippen LogP contribution in [-0.4, -0.2) is 39.4 Å². The lowest BCUT2D eigenvalue weighted by molar-refractivity contribution is -0.130. The van der Waals surface area contributed by atoms with Gasteiger partial charge >= 0.3 is 6.03 Å². The van der Waals surface area contributed by atoms with Crippen LogP contribution >= 0.6 is 15.9 Å². The van der Waals surface area contributed by atoms with Crippen LogP contribution in [0.1, 0.15) is 18.7 Å². The SMILES string of the molecule is C=C/C=C/NC(=O)NC(C)N1C(=O)CO[C@H]1c1cn(-c2ccc(Br)cc2)nc1-c1ccc(F)cc1. The van der Waals surface area contributed by atoms with Gasteiger partial charge in [0.15, 0.2) is 6.23 Å². The van der Waals surface area contributed by atoms with E-state index >= 15 is 0 Å². The van der Waals surface area contributed by atoms with Crippen molar-refractivity contribution in [2.24, 2.45) is 0 Å². The number of nitrogens with zero attached hydrogens (tertiary/aromatic N) is 3. The van der Waals surface area contributed by atoms with E-state index in [1.54, 1.807) is 36.0 Å². The van der Waals surface area contributed by atoms with E-state index in [0.717, 1.165) is 10.2 Å². The number of allylic oxidation sites excluding steroid dienone is 2. The van der Waals surface area contributed by atoms with E-state index in [0.29, 0.717) is 16.8 Å². The van der Waals surface area contributed by atoms with Gasteiger partial charge in [0.05, 0.1) is 5.69 Å². The summed E-state index contributed by atoms with van der Waals surface area (Å²) in [5.41, 5.74) is 2.58. The average Bonchev–Trinajstić information content (AvgIpc) is 3.44. The van der Waals surface area contributed by atoms with Gasteiger partial charge in [-0.3, -0.25) is 9.69 Å². The molecule has 2 heterocycles. The van der Waals surface area contributed by atoms with Crippen molar-refractivity contribution in [3.8, 4) is 16.9 Å². The molecule has 0 radical (unpaired) electrons. The Kier molecular flexibility index (Phi) is 7.42. The Morgan fingerprint density at radius 3 is 2.66 bits per heavy atom. The summed E-state index contributed by atoms with van der Waals surface area (Å²) in [6.07, 6.45) is 4.80. The first-order chi connectivity index (χ1) is 16.9. The van der Waals surface area contributed by atoms with Crippen molar-refractivity contribution in [2.45, 2.75) is 19.3 Å². The molecule has 3 amide bonds. The highest BCUT2D eigenvalue weighted by atomic mass is 79.9. The number of carbonyl (C=O) groups is 2. The van der Waals surface area contributed by atoms with Crippen molar-refractivity contribution >= 4 is 27.9 Å². The molecule has 1 aromatic heterocycles. The van der Waals surface area contributed by atoms with E-state index < -0.39 is 18.4 Å². The van der Waals surface area contributed by atoms with Gasteiger partial charge in [0, 0.05) is 28.0 Å². The summed E-state index contributed by atoms with van der Waals surface area (Å²) in [6.45, 7) is 5.08. The molecule has 1 saturated heterocycles. The zero-order valence-electron chi connectivity index (χ0n) is 18.8. The fourth-order valence-electron chi connectivity index (χ4n) is 3.71. The van der Waals surface area contributed by atoms with Crippen molar-refractivity contribution in [2.75, 3.05) is 6.61 Å². The predicted octanol–water partition coefficient (Wildman–Crippen LogP) is 4.64. The van der Waals surface area contributed by atoms with E-state index in [1.807, 2.05) is 24.3 Å². The molecule has 0 bridgehead atoms. The molecule has 0 aliphatic carbocycles. The number of hydrogen-bond donors (Lipinski definition) is 2. The van der Waals surface area contributed by atoms with Crippen LogP contribution in [0.15, 0.2) is 84.1 Å². The molecule has 3 aromatic rings. The van der Waals surface area contributed by atoms with Gasteiger partial charge < -0.3 is 15.4 Å². The number of hydrogen-bond acceptors (Lipinski definition) is 4. The molecule has 10 heteroatoms. The van der Waals surface area contributed by atoms with Gasteiger partial charge in [0.25, 0.3) is 5.91 Å². The highest BCUT2D eigenvalue weighted by molar-refractivity contribution is 9.10. The molecule has 0 saturated carbocycles. The summed E-state index contributed by atoms with van der Waals surface area (Å²) in [4.78, 5) is 26.4. The minimum absolute atomic E-state index is 0.152. The lowest BCUT2D eigenvalue weighted by Gasteiger charge is -2.29. The first kappa shape index (κ1) is 24.4. The van der Waals surface area contributed by atoms with Crippen LogP contribution in [0.2, 0.25) is 0 Å². The third-order valence-electron chi connectivity index (χ3n) is 5.33. The Labute approximate surface area is 210 Å². The number of rotatable bonds is 7. The van der Waals surface area contributed by atoms with E-state index in [1.165, 1.54) is 29.3 Å². The minimum Gasteiger partial charge on any atom is -0.344 e. The summed E-state index contributed by atoms with van der Waals surface area (Å²) in [7, 11) is 0. The topological polar surface area (TPSA) is 88.5 Å². The number of carbonyl (C=O) groups excluding carboxylic acids is 2. The fraction of sp³-hybridized carbons (Fsp3) is 0.160. The van der Waals surface area contributed by atoms with Gasteiger partial charge in [-0.05, 0) is 61.5 Å². The van der Waals surface area contributed by atoms with Crippen LogP contribution in [0.25, 0.3) is 16.9 Å². The summed E-state index contributed by atoms with van der Waals surface area (Å²) >= 11 is 3.43. The summed E-state index contributed by atoms with van der Waals surface area (Å²) in [6, 6.07) is 13.0. The Balaban J connectivity index is 1.70. The molecule has 180 valence electrons. The van der Waals surface area contributed by atoms with Crippen molar-refractivity contribution in [3.05, 3.63) is 95.5 Å². The molecule has 1 fully saturated rings. The normalized spacial score (nSPS) is 16.5. The fourth-order valence-corrected chi connectivity index (χ4v) is 3.98. The summed E-state index contributed by atoms with van der Waals surface area (Å²) in [5.74, 6) is -0.656. The van der Waals surface area contributed by atoms with Crippen LogP contribution < -0.4 is 10.6 Å². The third kappa shape index (κ3) is 5.50. The third-order valence-corrected chi connectivity index (χ3v) is 5.86. The second-order valence-electron chi connectivity index (χ2n) is 7.71. The van der Waals surface area contributed by atoms with Crippen LogP contribution in [-0.2, 0) is 9.53 Å². The Bertz CT molecular complexity index is 1260. The highest BCUT2D eigenvalue weighted by Crippen LogP contribution is 2.36. The number of aromatic nitrogens is 2. The van der Waals surface area contributed by atoms with E-state index in [2.05, 4.69) is 33.1 Å². The Morgan fingerprint density at radius 2 is 1.97 bits per heavy atom. The maximum Gasteiger partial charge on any atom is 0.320 e. The van der Waals surface area contributed by atoms with Crippen LogP contribution in [0.3, 0.4) is 0 Å². The maximum atomic E-state index is 13.6. The number of nitrogens with one attached hydrogen (secondary N) is 2. The predicted molar refractivity (Wildman–Crippen MR) is 133 cm³/mol. The Hall–Kier alpha value is -3.76. The van der Waals surface area contributed by atoms with Gasteiger partial charge in [-0.25, -0.2) is 13.9 Å². The molecule has 4 rings (SSSR count). The smallest absolute Gasteiger partial charge is 0.320 e. The molecular weight excluding hydrogens is 517 g/mol. The highest BCUT2D eigenvalue weighted by Gasteiger charge is 2.39. The lowest BCUT2D eigenvalue weighted by Crippen LogP contribution is -2.50. The standard InChI is InChI=1S/C25H23BrFN5O3/c1-3-4-13-28-25(34)29-16(2)32-22(33)15-35-24(32)21-14-31(20-11-7-18(26)8-12-20)30-23(21)17-5-9-19(27)10-6-17/h3-14,16,24H,1,15H2,2H3,(H2,28,29,34)/b13-4+/t16?,24-/m0/s1. The maximum absolute atomic E-state index is 13.6. The van der Waals surface area contributed by atoms with E-state index in [9.17, 15) is 14.0 Å². The van der Waals surface area contributed by atoms with Crippen LogP contribution in [0.4, 0.5) is 9.18 Å². The molecule has 2 N–H and O–H groups in total. The zero-order chi connectivity index (χ0) is 24.9. The molecule has 2 atom stereocenters. The van der Waals surface area contributed by atoms with Gasteiger partial charge in [0.1, 0.15) is 24.3 Å². The minimum atomic E-state index is -0.814. The lowest BCUT2D eigenvalue weighted by atomic mass is 10.1. The van der Waals surface area contributed by atoms with Crippen molar-refractivity contribution < 1.29 is 18.7 Å². The molecular formula is C25H23BrFN5O3. The quantitative estimate of drug-likeness (QED) is 0.428. The monoisotopic (exact) mass is 539 g/mol. The van der Waals surface area contributed by atoms with Gasteiger partial charge in [-0.15, -0.1) is 0 Å². The first-order valence-electron chi connectivity index (χ1n) is 10.8.